The summed E-state index contributed by atoms with van der Waals surface area (Å²) in [5.41, 5.74) is 0.419. The summed E-state index contributed by atoms with van der Waals surface area (Å²) in [4.78, 5) is 17.9. The molecule has 0 bridgehead atoms. The first-order valence-corrected chi connectivity index (χ1v) is 6.25. The highest BCUT2D eigenvalue weighted by molar-refractivity contribution is 5.89. The molecule has 3 aromatic rings. The van der Waals surface area contributed by atoms with Gasteiger partial charge in [0, 0.05) is 5.56 Å². The van der Waals surface area contributed by atoms with E-state index >= 15 is 0 Å². The van der Waals surface area contributed by atoms with Crippen LogP contribution < -0.4 is 0 Å². The molecule has 2 aromatic carbocycles. The highest BCUT2D eigenvalue weighted by Gasteiger charge is 2.30. The van der Waals surface area contributed by atoms with Crippen LogP contribution in [0.2, 0.25) is 0 Å². The van der Waals surface area contributed by atoms with Gasteiger partial charge in [-0.25, -0.2) is 9.78 Å². The van der Waals surface area contributed by atoms with Gasteiger partial charge in [0.15, 0.2) is 0 Å². The van der Waals surface area contributed by atoms with Crippen LogP contribution in [0.3, 0.4) is 0 Å². The smallest absolute Gasteiger partial charge is 0.416 e. The number of aromatic amines is 1. The number of alkyl halides is 3. The number of aromatic nitrogens is 2. The monoisotopic (exact) mass is 306 g/mol. The third-order valence-electron chi connectivity index (χ3n) is 3.19. The van der Waals surface area contributed by atoms with Gasteiger partial charge in [-0.2, -0.15) is 13.2 Å². The summed E-state index contributed by atoms with van der Waals surface area (Å²) in [6, 6.07) is 9.23. The van der Waals surface area contributed by atoms with E-state index in [2.05, 4.69) is 9.97 Å². The SMILES string of the molecule is O=C(O)c1cccc(-c2nc3ccc(C(F)(F)F)cc3[nH]2)c1. The average Bonchev–Trinajstić information content (AvgIpc) is 2.89. The van der Waals surface area contributed by atoms with E-state index in [0.29, 0.717) is 16.9 Å². The van der Waals surface area contributed by atoms with Crippen LogP contribution in [-0.4, -0.2) is 21.0 Å². The van der Waals surface area contributed by atoms with Crippen molar-refractivity contribution < 1.29 is 23.1 Å². The number of fused-ring (bicyclic) bond motifs is 1. The fourth-order valence-corrected chi connectivity index (χ4v) is 2.12. The van der Waals surface area contributed by atoms with Gasteiger partial charge in [0.2, 0.25) is 0 Å². The van der Waals surface area contributed by atoms with Crippen molar-refractivity contribution in [1.29, 1.82) is 0 Å². The molecule has 0 saturated carbocycles. The number of halogens is 3. The average molecular weight is 306 g/mol. The van der Waals surface area contributed by atoms with Crippen molar-refractivity contribution in [3.8, 4) is 11.4 Å². The Bertz CT molecular complexity index is 869. The quantitative estimate of drug-likeness (QED) is 0.753. The van der Waals surface area contributed by atoms with Crippen LogP contribution >= 0.6 is 0 Å². The molecule has 0 spiro atoms. The second-order valence-electron chi connectivity index (χ2n) is 4.70. The van der Waals surface area contributed by atoms with E-state index in [9.17, 15) is 18.0 Å². The van der Waals surface area contributed by atoms with Gasteiger partial charge >= 0.3 is 12.1 Å². The third-order valence-corrected chi connectivity index (χ3v) is 3.19. The summed E-state index contributed by atoms with van der Waals surface area (Å²) >= 11 is 0. The van der Waals surface area contributed by atoms with Gasteiger partial charge in [0.1, 0.15) is 5.82 Å². The predicted molar refractivity (Wildman–Crippen MR) is 73.5 cm³/mol. The van der Waals surface area contributed by atoms with E-state index in [1.807, 2.05) is 0 Å². The first-order valence-electron chi connectivity index (χ1n) is 6.25. The van der Waals surface area contributed by atoms with E-state index in [4.69, 9.17) is 5.11 Å². The van der Waals surface area contributed by atoms with Crippen molar-refractivity contribution in [3.63, 3.8) is 0 Å². The third kappa shape index (κ3) is 2.52. The number of H-pyrrole nitrogens is 1. The largest absolute Gasteiger partial charge is 0.478 e. The zero-order valence-corrected chi connectivity index (χ0v) is 11.0. The molecular weight excluding hydrogens is 297 g/mol. The van der Waals surface area contributed by atoms with Gasteiger partial charge in [-0.1, -0.05) is 12.1 Å². The molecule has 0 aliphatic rings. The Kier molecular flexibility index (Phi) is 3.13. The van der Waals surface area contributed by atoms with Crippen molar-refractivity contribution in [2.24, 2.45) is 0 Å². The van der Waals surface area contributed by atoms with Crippen LogP contribution in [0.1, 0.15) is 15.9 Å². The number of aromatic carboxylic acids is 1. The number of benzene rings is 2. The number of imidazole rings is 1. The van der Waals surface area contributed by atoms with E-state index in [-0.39, 0.29) is 11.1 Å². The molecule has 7 heteroatoms. The number of hydrogen-bond acceptors (Lipinski definition) is 2. The zero-order chi connectivity index (χ0) is 15.9. The van der Waals surface area contributed by atoms with Crippen LogP contribution in [0.5, 0.6) is 0 Å². The van der Waals surface area contributed by atoms with Crippen LogP contribution in [0.4, 0.5) is 13.2 Å². The zero-order valence-electron chi connectivity index (χ0n) is 11.0. The normalized spacial score (nSPS) is 11.8. The van der Waals surface area contributed by atoms with E-state index < -0.39 is 17.7 Å². The first kappa shape index (κ1) is 14.1. The fraction of sp³-hybridized carbons (Fsp3) is 0.0667. The second kappa shape index (κ2) is 4.87. The predicted octanol–water partition coefficient (Wildman–Crippen LogP) is 3.95. The molecule has 22 heavy (non-hydrogen) atoms. The summed E-state index contributed by atoms with van der Waals surface area (Å²) in [5, 5.41) is 8.97. The number of carboxylic acids is 1. The van der Waals surface area contributed by atoms with Crippen LogP contribution in [0, 0.1) is 0 Å². The molecule has 0 aliphatic carbocycles. The van der Waals surface area contributed by atoms with Crippen molar-refractivity contribution in [1.82, 2.24) is 9.97 Å². The topological polar surface area (TPSA) is 66.0 Å². The molecule has 0 radical (unpaired) electrons. The van der Waals surface area contributed by atoms with Crippen LogP contribution in [0.15, 0.2) is 42.5 Å². The van der Waals surface area contributed by atoms with Crippen molar-refractivity contribution in [2.75, 3.05) is 0 Å². The van der Waals surface area contributed by atoms with E-state index in [1.165, 1.54) is 18.2 Å². The molecular formula is C15H9F3N2O2. The van der Waals surface area contributed by atoms with Gasteiger partial charge in [0.25, 0.3) is 0 Å². The Labute approximate surface area is 122 Å². The fourth-order valence-electron chi connectivity index (χ4n) is 2.12. The molecule has 0 fully saturated rings. The number of carbonyl (C=O) groups is 1. The molecule has 1 heterocycles. The first-order chi connectivity index (χ1) is 10.3. The van der Waals surface area contributed by atoms with Crippen LogP contribution in [0.25, 0.3) is 22.4 Å². The summed E-state index contributed by atoms with van der Waals surface area (Å²) < 4.78 is 38.1. The van der Waals surface area contributed by atoms with E-state index in [0.717, 1.165) is 12.1 Å². The van der Waals surface area contributed by atoms with Crippen molar-refractivity contribution >= 4 is 17.0 Å². The Balaban J connectivity index is 2.09. The number of hydrogen-bond donors (Lipinski definition) is 2. The molecule has 1 aromatic heterocycles. The molecule has 0 amide bonds. The molecule has 0 saturated heterocycles. The minimum atomic E-state index is -4.43. The highest BCUT2D eigenvalue weighted by atomic mass is 19.4. The number of nitrogens with one attached hydrogen (secondary N) is 1. The lowest BCUT2D eigenvalue weighted by Gasteiger charge is -2.05. The Morgan fingerprint density at radius 2 is 1.91 bits per heavy atom. The summed E-state index contributed by atoms with van der Waals surface area (Å²) in [5.74, 6) is -0.769. The molecule has 112 valence electrons. The summed E-state index contributed by atoms with van der Waals surface area (Å²) in [6.45, 7) is 0. The van der Waals surface area contributed by atoms with E-state index in [1.54, 1.807) is 12.1 Å². The molecule has 4 nitrogen and oxygen atoms in total. The highest BCUT2D eigenvalue weighted by Crippen LogP contribution is 2.31. The molecule has 0 aliphatic heterocycles. The second-order valence-corrected chi connectivity index (χ2v) is 4.70. The van der Waals surface area contributed by atoms with Crippen molar-refractivity contribution in [2.45, 2.75) is 6.18 Å². The number of carboxylic acid groups (broad SMARTS) is 1. The minimum absolute atomic E-state index is 0.0777. The van der Waals surface area contributed by atoms with Gasteiger partial charge < -0.3 is 10.1 Å². The van der Waals surface area contributed by atoms with Crippen molar-refractivity contribution in [3.05, 3.63) is 53.6 Å². The minimum Gasteiger partial charge on any atom is -0.478 e. The van der Waals surface area contributed by atoms with Gasteiger partial charge in [-0.15, -0.1) is 0 Å². The molecule has 0 atom stereocenters. The lowest BCUT2D eigenvalue weighted by atomic mass is 10.1. The maximum absolute atomic E-state index is 12.7. The molecule has 2 N–H and O–H groups in total. The Hall–Kier alpha value is -2.83. The number of rotatable bonds is 2. The standard InChI is InChI=1S/C15H9F3N2O2/c16-15(17,18)10-4-5-11-12(7-10)20-13(19-11)8-2-1-3-9(6-8)14(21)22/h1-7H,(H,19,20)(H,21,22). The molecule has 0 unspecified atom stereocenters. The lowest BCUT2D eigenvalue weighted by Crippen LogP contribution is -2.04. The van der Waals surface area contributed by atoms with Gasteiger partial charge in [-0.3, -0.25) is 0 Å². The molecule has 3 rings (SSSR count). The Morgan fingerprint density at radius 1 is 1.14 bits per heavy atom. The maximum atomic E-state index is 12.7. The summed E-state index contributed by atoms with van der Waals surface area (Å²) in [6.07, 6.45) is -4.43. The van der Waals surface area contributed by atoms with Crippen LogP contribution in [-0.2, 0) is 6.18 Å². The van der Waals surface area contributed by atoms with Gasteiger partial charge in [0.05, 0.1) is 22.2 Å². The maximum Gasteiger partial charge on any atom is 0.416 e. The van der Waals surface area contributed by atoms with Gasteiger partial charge in [-0.05, 0) is 30.3 Å². The Morgan fingerprint density at radius 3 is 2.59 bits per heavy atom. The summed E-state index contributed by atoms with van der Waals surface area (Å²) in [7, 11) is 0. The lowest BCUT2D eigenvalue weighted by molar-refractivity contribution is -0.137. The number of nitrogens with zero attached hydrogens (tertiary/aromatic N) is 1.